The predicted molar refractivity (Wildman–Crippen MR) is 124 cm³/mol. The second kappa shape index (κ2) is 9.46. The van der Waals surface area contributed by atoms with E-state index < -0.39 is 12.1 Å². The van der Waals surface area contributed by atoms with Crippen molar-refractivity contribution in [1.82, 2.24) is 0 Å². The van der Waals surface area contributed by atoms with Crippen molar-refractivity contribution in [3.63, 3.8) is 0 Å². The van der Waals surface area contributed by atoms with E-state index >= 15 is 0 Å². The molecular weight excluding hydrogens is 500 g/mol. The van der Waals surface area contributed by atoms with Gasteiger partial charge in [-0.3, -0.25) is 4.79 Å². The summed E-state index contributed by atoms with van der Waals surface area (Å²) in [6, 6.07) is 18.3. The predicted octanol–water partition coefficient (Wildman–Crippen LogP) is 6.37. The first-order valence-corrected chi connectivity index (χ1v) is 10.7. The number of halogens is 2. The second-order valence-corrected chi connectivity index (χ2v) is 8.05. The van der Waals surface area contributed by atoms with E-state index in [1.807, 2.05) is 6.07 Å². The van der Waals surface area contributed by atoms with Crippen LogP contribution >= 0.6 is 27.5 Å². The highest BCUT2D eigenvalue weighted by Crippen LogP contribution is 2.29. The van der Waals surface area contributed by atoms with Crippen molar-refractivity contribution < 1.29 is 23.4 Å². The molecule has 0 spiro atoms. The maximum atomic E-state index is 12.8. The van der Waals surface area contributed by atoms with E-state index in [4.69, 9.17) is 30.2 Å². The molecule has 0 aliphatic rings. The van der Waals surface area contributed by atoms with E-state index in [-0.39, 0.29) is 22.5 Å². The van der Waals surface area contributed by atoms with Crippen molar-refractivity contribution in [2.75, 3.05) is 0 Å². The first-order valence-electron chi connectivity index (χ1n) is 9.52. The molecule has 8 heteroatoms. The third kappa shape index (κ3) is 4.95. The highest BCUT2D eigenvalue weighted by Gasteiger charge is 2.18. The smallest absolute Gasteiger partial charge is 0.352 e. The first kappa shape index (κ1) is 21.9. The molecule has 0 aliphatic heterocycles. The molecule has 6 nitrogen and oxygen atoms in total. The molecule has 4 aromatic rings. The molecular formula is C24H16BrClO6. The summed E-state index contributed by atoms with van der Waals surface area (Å²) in [5.41, 5.74) is -0.0923. The van der Waals surface area contributed by atoms with Gasteiger partial charge in [0.1, 0.15) is 29.1 Å². The van der Waals surface area contributed by atoms with Crippen molar-refractivity contribution in [2.45, 2.75) is 13.0 Å². The van der Waals surface area contributed by atoms with E-state index in [0.717, 1.165) is 0 Å². The lowest BCUT2D eigenvalue weighted by Crippen LogP contribution is -2.28. The van der Waals surface area contributed by atoms with Crippen molar-refractivity contribution in [1.29, 1.82) is 0 Å². The zero-order chi connectivity index (χ0) is 22.7. The zero-order valence-corrected chi connectivity index (χ0v) is 19.1. The number of carbonyl (C=O) groups excluding carboxylic acids is 1. The number of fused-ring (bicyclic) bond motifs is 1. The minimum Gasteiger partial charge on any atom is -0.479 e. The lowest BCUT2D eigenvalue weighted by molar-refractivity contribution is -0.141. The first-order chi connectivity index (χ1) is 15.4. The Labute approximate surface area is 196 Å². The average Bonchev–Trinajstić information content (AvgIpc) is 2.78. The molecule has 0 N–H and O–H groups in total. The Bertz CT molecular complexity index is 1330. The lowest BCUT2D eigenvalue weighted by atomic mass is 10.2. The van der Waals surface area contributed by atoms with Gasteiger partial charge in [-0.15, -0.1) is 0 Å². The minimum absolute atomic E-state index is 0.0409. The number of carbonyl (C=O) groups is 1. The molecule has 0 saturated carbocycles. The van der Waals surface area contributed by atoms with E-state index in [0.29, 0.717) is 26.4 Å². The molecule has 0 fully saturated rings. The number of para-hydroxylation sites is 1. The summed E-state index contributed by atoms with van der Waals surface area (Å²) in [6.45, 7) is 1.57. The third-order valence-electron chi connectivity index (χ3n) is 4.45. The summed E-state index contributed by atoms with van der Waals surface area (Å²) < 4.78 is 22.9. The molecule has 1 atom stereocenters. The van der Waals surface area contributed by atoms with Gasteiger partial charge in [-0.1, -0.05) is 23.7 Å². The largest absolute Gasteiger partial charge is 0.479 e. The standard InChI is InChI=1S/C24H16BrClO6/c1-14(30-16-8-6-15(26)7-9-16)24(28)31-17-10-11-18-21(12-17)29-13-22(23(18)27)32-20-5-3-2-4-19(20)25/h2-14H,1H3. The molecule has 0 radical (unpaired) electrons. The summed E-state index contributed by atoms with van der Waals surface area (Å²) in [6.07, 6.45) is 0.362. The molecule has 0 bridgehead atoms. The molecule has 1 unspecified atom stereocenters. The number of hydrogen-bond donors (Lipinski definition) is 0. The van der Waals surface area contributed by atoms with Crippen LogP contribution in [0.15, 0.2) is 86.7 Å². The molecule has 1 heterocycles. The fourth-order valence-corrected chi connectivity index (χ4v) is 3.33. The monoisotopic (exact) mass is 514 g/mol. The van der Waals surface area contributed by atoms with Crippen LogP contribution in [0, 0.1) is 0 Å². The van der Waals surface area contributed by atoms with Gasteiger partial charge in [0.05, 0.1) is 9.86 Å². The van der Waals surface area contributed by atoms with E-state index in [1.54, 1.807) is 49.4 Å². The molecule has 3 aromatic carbocycles. The minimum atomic E-state index is -0.862. The number of benzene rings is 3. The van der Waals surface area contributed by atoms with Crippen LogP contribution in [0.5, 0.6) is 23.0 Å². The highest BCUT2D eigenvalue weighted by molar-refractivity contribution is 9.10. The van der Waals surface area contributed by atoms with Gasteiger partial charge in [0.15, 0.2) is 6.10 Å². The summed E-state index contributed by atoms with van der Waals surface area (Å²) in [4.78, 5) is 25.2. The van der Waals surface area contributed by atoms with Gasteiger partial charge in [-0.2, -0.15) is 0 Å². The Hall–Kier alpha value is -3.29. The van der Waals surface area contributed by atoms with E-state index in [9.17, 15) is 9.59 Å². The van der Waals surface area contributed by atoms with Crippen LogP contribution in [-0.4, -0.2) is 12.1 Å². The Balaban J connectivity index is 1.49. The van der Waals surface area contributed by atoms with Crippen LogP contribution in [0.4, 0.5) is 0 Å². The van der Waals surface area contributed by atoms with Gasteiger partial charge in [-0.05, 0) is 71.4 Å². The van der Waals surface area contributed by atoms with Gasteiger partial charge in [0.25, 0.3) is 0 Å². The lowest BCUT2D eigenvalue weighted by Gasteiger charge is -2.14. The van der Waals surface area contributed by atoms with Gasteiger partial charge >= 0.3 is 5.97 Å². The maximum absolute atomic E-state index is 12.8. The highest BCUT2D eigenvalue weighted by atomic mass is 79.9. The molecule has 162 valence electrons. The quantitative estimate of drug-likeness (QED) is 0.219. The van der Waals surface area contributed by atoms with Crippen LogP contribution in [0.2, 0.25) is 5.02 Å². The summed E-state index contributed by atoms with van der Waals surface area (Å²) >= 11 is 9.22. The van der Waals surface area contributed by atoms with Crippen molar-refractivity contribution in [3.8, 4) is 23.0 Å². The van der Waals surface area contributed by atoms with Crippen LogP contribution in [0.3, 0.4) is 0 Å². The average molecular weight is 516 g/mol. The normalized spacial score (nSPS) is 11.7. The summed E-state index contributed by atoms with van der Waals surface area (Å²) in [5, 5.41) is 0.856. The molecule has 1 aromatic heterocycles. The Morgan fingerprint density at radius 1 is 1.00 bits per heavy atom. The number of esters is 1. The van der Waals surface area contributed by atoms with Crippen LogP contribution < -0.4 is 19.6 Å². The Morgan fingerprint density at radius 3 is 2.47 bits per heavy atom. The molecule has 32 heavy (non-hydrogen) atoms. The molecule has 0 saturated heterocycles. The van der Waals surface area contributed by atoms with Crippen LogP contribution in [0.1, 0.15) is 6.92 Å². The fourth-order valence-electron chi connectivity index (χ4n) is 2.84. The molecule has 4 rings (SSSR count). The maximum Gasteiger partial charge on any atom is 0.352 e. The number of ether oxygens (including phenoxy) is 3. The van der Waals surface area contributed by atoms with Gasteiger partial charge in [-0.25, -0.2) is 4.79 Å². The third-order valence-corrected chi connectivity index (χ3v) is 5.35. The Morgan fingerprint density at radius 2 is 1.72 bits per heavy atom. The van der Waals surface area contributed by atoms with Crippen LogP contribution in [-0.2, 0) is 4.79 Å². The summed E-state index contributed by atoms with van der Waals surface area (Å²) in [5.74, 6) is 0.631. The molecule has 0 amide bonds. The Kier molecular flexibility index (Phi) is 6.48. The van der Waals surface area contributed by atoms with Gasteiger partial charge in [0, 0.05) is 11.1 Å². The van der Waals surface area contributed by atoms with Crippen molar-refractivity contribution in [2.24, 2.45) is 0 Å². The SMILES string of the molecule is CC(Oc1ccc(Cl)cc1)C(=O)Oc1ccc2c(=O)c(Oc3ccccc3Br)coc2c1. The topological polar surface area (TPSA) is 75.0 Å². The van der Waals surface area contributed by atoms with Gasteiger partial charge < -0.3 is 18.6 Å². The van der Waals surface area contributed by atoms with Gasteiger partial charge in [0.2, 0.25) is 11.2 Å². The zero-order valence-electron chi connectivity index (χ0n) is 16.7. The van der Waals surface area contributed by atoms with Crippen molar-refractivity contribution >= 4 is 44.5 Å². The summed E-state index contributed by atoms with van der Waals surface area (Å²) in [7, 11) is 0. The van der Waals surface area contributed by atoms with Crippen LogP contribution in [0.25, 0.3) is 11.0 Å². The van der Waals surface area contributed by atoms with E-state index in [1.165, 1.54) is 24.5 Å². The molecule has 0 aliphatic carbocycles. The van der Waals surface area contributed by atoms with E-state index in [2.05, 4.69) is 15.9 Å². The number of rotatable bonds is 6. The van der Waals surface area contributed by atoms with Crippen molar-refractivity contribution in [3.05, 3.63) is 92.7 Å². The second-order valence-electron chi connectivity index (χ2n) is 6.75. The fraction of sp³-hybridized carbons (Fsp3) is 0.0833. The number of hydrogen-bond acceptors (Lipinski definition) is 6.